The third kappa shape index (κ3) is 3.19. The third-order valence-electron chi connectivity index (χ3n) is 3.76. The Bertz CT molecular complexity index is 746. The quantitative estimate of drug-likeness (QED) is 0.475. The van der Waals surface area contributed by atoms with Crippen LogP contribution in [0.15, 0.2) is 24.3 Å². The van der Waals surface area contributed by atoms with Gasteiger partial charge in [0.05, 0.1) is 12.0 Å². The Labute approximate surface area is 136 Å². The number of methoxy groups -OCH3 is 1. The van der Waals surface area contributed by atoms with E-state index < -0.39 is 4.92 Å². The van der Waals surface area contributed by atoms with E-state index in [1.165, 1.54) is 41.0 Å². The Kier molecular flexibility index (Phi) is 4.29. The van der Waals surface area contributed by atoms with Crippen LogP contribution < -0.4 is 4.74 Å². The van der Waals surface area contributed by atoms with Crippen molar-refractivity contribution in [3.63, 3.8) is 0 Å². The van der Waals surface area contributed by atoms with Crippen molar-refractivity contribution >= 4 is 23.0 Å². The summed E-state index contributed by atoms with van der Waals surface area (Å²) in [5, 5.41) is 11.0. The molecule has 0 spiro atoms. The van der Waals surface area contributed by atoms with E-state index in [1.807, 2.05) is 6.07 Å². The number of hydrogen-bond acceptors (Lipinski definition) is 6. The molecule has 1 heterocycles. The van der Waals surface area contributed by atoms with Crippen LogP contribution in [-0.2, 0) is 24.2 Å². The van der Waals surface area contributed by atoms with Crippen LogP contribution in [0, 0.1) is 10.1 Å². The first kappa shape index (κ1) is 15.5. The predicted octanol–water partition coefficient (Wildman–Crippen LogP) is 3.51. The normalized spacial score (nSPS) is 12.7. The molecule has 3 rings (SSSR count). The number of thiophene rings is 1. The van der Waals surface area contributed by atoms with Gasteiger partial charge >= 0.3 is 11.7 Å². The van der Waals surface area contributed by atoms with Gasteiger partial charge in [-0.15, -0.1) is 11.3 Å². The lowest BCUT2D eigenvalue weighted by molar-refractivity contribution is -0.385. The highest BCUT2D eigenvalue weighted by Gasteiger charge is 2.20. The molecule has 1 aliphatic carbocycles. The number of rotatable bonds is 5. The summed E-state index contributed by atoms with van der Waals surface area (Å²) in [6, 6.07) is 6.40. The van der Waals surface area contributed by atoms with Gasteiger partial charge in [0, 0.05) is 10.9 Å². The number of fused-ring (bicyclic) bond motifs is 1. The van der Waals surface area contributed by atoms with Gasteiger partial charge in [0.25, 0.3) is 0 Å². The van der Waals surface area contributed by atoms with Crippen LogP contribution in [0.1, 0.15) is 32.1 Å². The molecule has 0 saturated heterocycles. The average molecular weight is 333 g/mol. The summed E-state index contributed by atoms with van der Waals surface area (Å²) in [7, 11) is 1.37. The van der Waals surface area contributed by atoms with Crippen LogP contribution >= 0.6 is 11.3 Å². The van der Waals surface area contributed by atoms with E-state index in [0.717, 1.165) is 19.3 Å². The first-order chi connectivity index (χ1) is 11.1. The zero-order valence-electron chi connectivity index (χ0n) is 12.5. The van der Waals surface area contributed by atoms with Crippen LogP contribution in [0.3, 0.4) is 0 Å². The number of carbonyl (C=O) groups excluding carboxylic acids is 1. The molecule has 23 heavy (non-hydrogen) atoms. The lowest BCUT2D eigenvalue weighted by Gasteiger charge is -2.06. The van der Waals surface area contributed by atoms with E-state index in [0.29, 0.717) is 10.4 Å². The van der Waals surface area contributed by atoms with Gasteiger partial charge in [-0.2, -0.15) is 0 Å². The molecule has 0 fully saturated rings. The SMILES string of the molecule is COc1ccc(COC(=O)c2cc3c(s2)CCC3)cc1[N+](=O)[O-]. The van der Waals surface area contributed by atoms with Gasteiger partial charge in [0.2, 0.25) is 0 Å². The second kappa shape index (κ2) is 6.37. The maximum atomic E-state index is 12.1. The molecule has 6 nitrogen and oxygen atoms in total. The van der Waals surface area contributed by atoms with Crippen molar-refractivity contribution < 1.29 is 19.2 Å². The molecule has 2 aromatic rings. The number of esters is 1. The summed E-state index contributed by atoms with van der Waals surface area (Å²) >= 11 is 1.48. The summed E-state index contributed by atoms with van der Waals surface area (Å²) in [6.45, 7) is -0.00770. The second-order valence-electron chi connectivity index (χ2n) is 5.25. The molecule has 0 atom stereocenters. The number of nitro benzene ring substituents is 1. The molecule has 0 saturated carbocycles. The van der Waals surface area contributed by atoms with Crippen molar-refractivity contribution in [1.82, 2.24) is 0 Å². The Morgan fingerprint density at radius 1 is 1.35 bits per heavy atom. The minimum atomic E-state index is -0.520. The zero-order valence-corrected chi connectivity index (χ0v) is 13.4. The molecule has 1 aliphatic rings. The lowest BCUT2D eigenvalue weighted by atomic mass is 10.2. The van der Waals surface area contributed by atoms with Gasteiger partial charge in [-0.25, -0.2) is 4.79 Å². The fraction of sp³-hybridized carbons (Fsp3) is 0.312. The predicted molar refractivity (Wildman–Crippen MR) is 85.1 cm³/mol. The molecular formula is C16H15NO5S. The second-order valence-corrected chi connectivity index (χ2v) is 6.39. The van der Waals surface area contributed by atoms with E-state index in [9.17, 15) is 14.9 Å². The van der Waals surface area contributed by atoms with Crippen molar-refractivity contribution in [2.24, 2.45) is 0 Å². The Morgan fingerprint density at radius 3 is 2.87 bits per heavy atom. The van der Waals surface area contributed by atoms with E-state index in [1.54, 1.807) is 6.07 Å². The average Bonchev–Trinajstić information content (AvgIpc) is 3.13. The Balaban J connectivity index is 1.68. The summed E-state index contributed by atoms with van der Waals surface area (Å²) in [6.07, 6.45) is 3.19. The maximum absolute atomic E-state index is 12.1. The minimum Gasteiger partial charge on any atom is -0.490 e. The van der Waals surface area contributed by atoms with Gasteiger partial charge in [-0.05, 0) is 42.5 Å². The van der Waals surface area contributed by atoms with Crippen molar-refractivity contribution in [3.8, 4) is 5.75 Å². The molecule has 0 bridgehead atoms. The van der Waals surface area contributed by atoms with E-state index in [2.05, 4.69) is 0 Å². The molecule has 0 N–H and O–H groups in total. The van der Waals surface area contributed by atoms with E-state index >= 15 is 0 Å². The standard InChI is InChI=1S/C16H15NO5S/c1-21-13-6-5-10(7-12(13)17(19)20)9-22-16(18)15-8-11-3-2-4-14(11)23-15/h5-8H,2-4,9H2,1H3. The van der Waals surface area contributed by atoms with Crippen LogP contribution in [0.25, 0.3) is 0 Å². The molecule has 0 amide bonds. The highest BCUT2D eigenvalue weighted by atomic mass is 32.1. The number of ether oxygens (including phenoxy) is 2. The lowest BCUT2D eigenvalue weighted by Crippen LogP contribution is -2.04. The molecule has 0 aliphatic heterocycles. The number of nitro groups is 1. The van der Waals surface area contributed by atoms with Gasteiger partial charge in [0.15, 0.2) is 5.75 Å². The third-order valence-corrected chi connectivity index (χ3v) is 4.97. The highest BCUT2D eigenvalue weighted by molar-refractivity contribution is 7.14. The first-order valence-corrected chi connectivity index (χ1v) is 8.00. The number of nitrogens with zero attached hydrogens (tertiary/aromatic N) is 1. The van der Waals surface area contributed by atoms with E-state index in [4.69, 9.17) is 9.47 Å². The molecule has 120 valence electrons. The van der Waals surface area contributed by atoms with E-state index in [-0.39, 0.29) is 24.0 Å². The van der Waals surface area contributed by atoms with Gasteiger partial charge in [-0.1, -0.05) is 6.07 Å². The van der Waals surface area contributed by atoms with Gasteiger partial charge < -0.3 is 9.47 Å². The van der Waals surface area contributed by atoms with Crippen LogP contribution in [0.2, 0.25) is 0 Å². The summed E-state index contributed by atoms with van der Waals surface area (Å²) in [4.78, 5) is 24.4. The summed E-state index contributed by atoms with van der Waals surface area (Å²) in [5.41, 5.74) is 1.65. The van der Waals surface area contributed by atoms with Crippen molar-refractivity contribution in [2.45, 2.75) is 25.9 Å². The molecular weight excluding hydrogens is 318 g/mol. The largest absolute Gasteiger partial charge is 0.490 e. The van der Waals surface area contributed by atoms with Crippen molar-refractivity contribution in [3.05, 3.63) is 55.3 Å². The Morgan fingerprint density at radius 2 is 2.17 bits per heavy atom. The summed E-state index contributed by atoms with van der Waals surface area (Å²) in [5.74, 6) is -0.206. The number of hydrogen-bond donors (Lipinski definition) is 0. The molecule has 7 heteroatoms. The monoisotopic (exact) mass is 333 g/mol. The minimum absolute atomic E-state index is 0.00770. The topological polar surface area (TPSA) is 78.7 Å². The van der Waals surface area contributed by atoms with Gasteiger partial charge in [-0.3, -0.25) is 10.1 Å². The molecule has 0 unspecified atom stereocenters. The van der Waals surface area contributed by atoms with Crippen molar-refractivity contribution in [1.29, 1.82) is 0 Å². The van der Waals surface area contributed by atoms with Crippen molar-refractivity contribution in [2.75, 3.05) is 7.11 Å². The number of aryl methyl sites for hydroxylation is 2. The zero-order chi connectivity index (χ0) is 16.4. The summed E-state index contributed by atoms with van der Waals surface area (Å²) < 4.78 is 10.2. The molecule has 0 radical (unpaired) electrons. The molecule has 1 aromatic carbocycles. The fourth-order valence-electron chi connectivity index (χ4n) is 2.62. The van der Waals surface area contributed by atoms with Crippen LogP contribution in [-0.4, -0.2) is 18.0 Å². The first-order valence-electron chi connectivity index (χ1n) is 7.18. The van der Waals surface area contributed by atoms with Gasteiger partial charge in [0.1, 0.15) is 11.5 Å². The maximum Gasteiger partial charge on any atom is 0.348 e. The molecule has 1 aromatic heterocycles. The number of benzene rings is 1. The highest BCUT2D eigenvalue weighted by Crippen LogP contribution is 2.31. The van der Waals surface area contributed by atoms with Crippen LogP contribution in [0.4, 0.5) is 5.69 Å². The smallest absolute Gasteiger partial charge is 0.348 e. The van der Waals surface area contributed by atoms with Crippen LogP contribution in [0.5, 0.6) is 5.75 Å². The fourth-order valence-corrected chi connectivity index (χ4v) is 3.77. The number of carbonyl (C=O) groups is 1. The Hall–Kier alpha value is -2.41.